The van der Waals surface area contributed by atoms with E-state index >= 15 is 0 Å². The Balaban J connectivity index is 1.67. The maximum Gasteiger partial charge on any atom is 0.416 e. The van der Waals surface area contributed by atoms with Crippen molar-refractivity contribution in [1.29, 1.82) is 0 Å². The van der Waals surface area contributed by atoms with Gasteiger partial charge in [0, 0.05) is 18.8 Å². The van der Waals surface area contributed by atoms with Crippen molar-refractivity contribution >= 4 is 57.8 Å². The highest BCUT2D eigenvalue weighted by Crippen LogP contribution is 2.36. The summed E-state index contributed by atoms with van der Waals surface area (Å²) in [6.07, 6.45) is -2.42. The van der Waals surface area contributed by atoms with Gasteiger partial charge in [0.2, 0.25) is 11.9 Å². The molecule has 0 radical (unpaired) electrons. The Labute approximate surface area is 202 Å². The molecule has 1 saturated heterocycles. The van der Waals surface area contributed by atoms with E-state index in [2.05, 4.69) is 15.3 Å². The molecule has 7 nitrogen and oxygen atoms in total. The van der Waals surface area contributed by atoms with Gasteiger partial charge in [-0.2, -0.15) is 23.1 Å². The van der Waals surface area contributed by atoms with E-state index in [1.54, 1.807) is 22.8 Å². The summed E-state index contributed by atoms with van der Waals surface area (Å²) in [6.45, 7) is 1.56. The summed E-state index contributed by atoms with van der Waals surface area (Å²) in [5.74, 6) is 0.845. The van der Waals surface area contributed by atoms with Crippen molar-refractivity contribution in [1.82, 2.24) is 19.5 Å². The van der Waals surface area contributed by atoms with Crippen molar-refractivity contribution in [3.8, 4) is 5.69 Å². The van der Waals surface area contributed by atoms with E-state index in [1.807, 2.05) is 4.90 Å². The Bertz CT molecular complexity index is 1340. The maximum absolute atomic E-state index is 13.0. The van der Waals surface area contributed by atoms with Crippen LogP contribution in [0.3, 0.4) is 0 Å². The van der Waals surface area contributed by atoms with Crippen LogP contribution in [0.4, 0.5) is 36.6 Å². The largest absolute Gasteiger partial charge is 0.416 e. The number of hydrogen-bond acceptors (Lipinski definition) is 6. The summed E-state index contributed by atoms with van der Waals surface area (Å²) in [7, 11) is 0. The van der Waals surface area contributed by atoms with Crippen LogP contribution < -0.4 is 16.0 Å². The molecule has 0 saturated carbocycles. The number of rotatable bonds is 4. The van der Waals surface area contributed by atoms with Gasteiger partial charge in [-0.1, -0.05) is 29.3 Å². The summed E-state index contributed by atoms with van der Waals surface area (Å²) < 4.78 is 40.4. The minimum Gasteiger partial charge on any atom is -0.369 e. The molecule has 2 aromatic heterocycles. The highest BCUT2D eigenvalue weighted by molar-refractivity contribution is 6.38. The van der Waals surface area contributed by atoms with Crippen molar-refractivity contribution < 1.29 is 13.2 Å². The average molecular weight is 508 g/mol. The Morgan fingerprint density at radius 3 is 2.18 bits per heavy atom. The average Bonchev–Trinajstić information content (AvgIpc) is 3.42. The summed E-state index contributed by atoms with van der Waals surface area (Å²) in [4.78, 5) is 15.8. The Kier molecular flexibility index (Phi) is 5.65. The van der Waals surface area contributed by atoms with E-state index in [0.29, 0.717) is 44.4 Å². The van der Waals surface area contributed by atoms with Crippen molar-refractivity contribution in [2.24, 2.45) is 0 Å². The predicted molar refractivity (Wildman–Crippen MR) is 127 cm³/mol. The molecular formula is C22H18Cl2F3N7. The van der Waals surface area contributed by atoms with E-state index in [0.717, 1.165) is 38.1 Å². The molecule has 2 aromatic carbocycles. The summed E-state index contributed by atoms with van der Waals surface area (Å²) >= 11 is 12.9. The third-order valence-corrected chi connectivity index (χ3v) is 6.16. The first-order valence-corrected chi connectivity index (χ1v) is 11.2. The molecule has 1 aliphatic heterocycles. The zero-order valence-electron chi connectivity index (χ0n) is 17.6. The number of halogens is 5. The molecule has 0 amide bonds. The van der Waals surface area contributed by atoms with Gasteiger partial charge in [-0.25, -0.2) is 4.98 Å². The minimum atomic E-state index is -4.43. The summed E-state index contributed by atoms with van der Waals surface area (Å²) in [6, 6.07) is 9.73. The molecule has 12 heteroatoms. The van der Waals surface area contributed by atoms with Gasteiger partial charge in [-0.05, 0) is 49.2 Å². The molecule has 5 rings (SSSR count). The number of nitrogens with zero attached hydrogens (tertiary/aromatic N) is 5. The molecule has 3 heterocycles. The summed E-state index contributed by atoms with van der Waals surface area (Å²) in [5, 5.41) is 3.79. The van der Waals surface area contributed by atoms with Gasteiger partial charge in [0.1, 0.15) is 0 Å². The number of fused-ring (bicyclic) bond motifs is 1. The van der Waals surface area contributed by atoms with Gasteiger partial charge in [-0.15, -0.1) is 0 Å². The Morgan fingerprint density at radius 2 is 1.56 bits per heavy atom. The molecule has 34 heavy (non-hydrogen) atoms. The van der Waals surface area contributed by atoms with Crippen LogP contribution in [0.2, 0.25) is 10.0 Å². The standard InChI is InChI=1S/C22H18Cl2F3N7/c23-14-4-3-5-15(24)17(14)34-19-16(30-20(34)28)18(31-21(32-19)33-10-1-2-11-33)29-13-8-6-12(7-9-13)22(25,26)27/h3-9H,1-2,10-11H2,(H2,28,30)(H,29,31,32). The number of nitrogens with one attached hydrogen (secondary N) is 1. The van der Waals surface area contributed by atoms with Crippen LogP contribution in [0.25, 0.3) is 16.9 Å². The van der Waals surface area contributed by atoms with Crippen LogP contribution in [-0.2, 0) is 6.18 Å². The van der Waals surface area contributed by atoms with Gasteiger partial charge in [0.05, 0.1) is 21.3 Å². The number of nitrogens with two attached hydrogens (primary N) is 1. The fourth-order valence-corrected chi connectivity index (χ4v) is 4.48. The number of nitrogen functional groups attached to an aromatic ring is 1. The number of aromatic nitrogens is 4. The lowest BCUT2D eigenvalue weighted by Gasteiger charge is -2.17. The van der Waals surface area contributed by atoms with Crippen molar-refractivity contribution in [3.63, 3.8) is 0 Å². The number of hydrogen-bond donors (Lipinski definition) is 2. The van der Waals surface area contributed by atoms with E-state index in [9.17, 15) is 13.2 Å². The molecule has 0 aliphatic carbocycles. The zero-order chi connectivity index (χ0) is 24.0. The lowest BCUT2D eigenvalue weighted by Crippen LogP contribution is -2.21. The van der Waals surface area contributed by atoms with Crippen LogP contribution in [0.5, 0.6) is 0 Å². The van der Waals surface area contributed by atoms with E-state index in [-0.39, 0.29) is 5.95 Å². The number of imidazole rings is 1. The van der Waals surface area contributed by atoms with Crippen LogP contribution in [0.15, 0.2) is 42.5 Å². The maximum atomic E-state index is 13.0. The predicted octanol–water partition coefficient (Wildman–Crippen LogP) is 6.07. The Morgan fingerprint density at radius 1 is 0.912 bits per heavy atom. The quantitative estimate of drug-likeness (QED) is 0.348. The van der Waals surface area contributed by atoms with Gasteiger partial charge < -0.3 is 16.0 Å². The monoisotopic (exact) mass is 507 g/mol. The molecule has 0 spiro atoms. The molecule has 1 fully saturated rings. The molecule has 1 aliphatic rings. The van der Waals surface area contributed by atoms with Crippen molar-refractivity contribution in [2.45, 2.75) is 19.0 Å². The van der Waals surface area contributed by atoms with E-state index in [4.69, 9.17) is 33.9 Å². The number of para-hydroxylation sites is 1. The highest BCUT2D eigenvalue weighted by Gasteiger charge is 2.30. The third kappa shape index (κ3) is 4.07. The molecule has 0 bridgehead atoms. The normalized spacial score (nSPS) is 14.2. The lowest BCUT2D eigenvalue weighted by molar-refractivity contribution is -0.137. The number of anilines is 4. The van der Waals surface area contributed by atoms with Crippen LogP contribution >= 0.6 is 23.2 Å². The third-order valence-electron chi connectivity index (χ3n) is 5.55. The second kappa shape index (κ2) is 8.52. The first-order chi connectivity index (χ1) is 16.2. The van der Waals surface area contributed by atoms with E-state index < -0.39 is 11.7 Å². The minimum absolute atomic E-state index is 0.0911. The lowest BCUT2D eigenvalue weighted by atomic mass is 10.2. The smallest absolute Gasteiger partial charge is 0.369 e. The number of benzene rings is 2. The van der Waals surface area contributed by atoms with Gasteiger partial charge >= 0.3 is 6.18 Å². The first-order valence-electron chi connectivity index (χ1n) is 10.4. The van der Waals surface area contributed by atoms with Gasteiger partial charge in [0.25, 0.3) is 0 Å². The zero-order valence-corrected chi connectivity index (χ0v) is 19.1. The van der Waals surface area contributed by atoms with Crippen LogP contribution in [-0.4, -0.2) is 32.6 Å². The molecule has 0 atom stereocenters. The summed E-state index contributed by atoms with van der Waals surface area (Å²) in [5.41, 5.74) is 7.05. The molecule has 176 valence electrons. The second-order valence-corrected chi connectivity index (χ2v) is 8.63. The molecular weight excluding hydrogens is 490 g/mol. The first kappa shape index (κ1) is 22.5. The fourth-order valence-electron chi connectivity index (χ4n) is 3.91. The van der Waals surface area contributed by atoms with Crippen molar-refractivity contribution in [3.05, 3.63) is 58.1 Å². The fraction of sp³-hybridized carbons (Fsp3) is 0.227. The topological polar surface area (TPSA) is 84.9 Å². The van der Waals surface area contributed by atoms with Crippen LogP contribution in [0.1, 0.15) is 18.4 Å². The molecule has 3 N–H and O–H groups in total. The number of alkyl halides is 3. The van der Waals surface area contributed by atoms with E-state index in [1.165, 1.54) is 12.1 Å². The van der Waals surface area contributed by atoms with Gasteiger partial charge in [0.15, 0.2) is 17.0 Å². The molecule has 4 aromatic rings. The molecule has 0 unspecified atom stereocenters. The second-order valence-electron chi connectivity index (χ2n) is 7.81. The highest BCUT2D eigenvalue weighted by atomic mass is 35.5. The van der Waals surface area contributed by atoms with Crippen molar-refractivity contribution in [2.75, 3.05) is 29.0 Å². The van der Waals surface area contributed by atoms with Crippen LogP contribution in [0, 0.1) is 0 Å². The SMILES string of the molecule is Nc1nc2c(Nc3ccc(C(F)(F)F)cc3)nc(N3CCCC3)nc2n1-c1c(Cl)cccc1Cl. The Hall–Kier alpha value is -3.24. The van der Waals surface area contributed by atoms with Gasteiger partial charge in [-0.3, -0.25) is 4.57 Å².